The third kappa shape index (κ3) is 7.73. The number of nitrogens with zero attached hydrogens (tertiary/aromatic N) is 2. The van der Waals surface area contributed by atoms with E-state index in [1.54, 1.807) is 12.3 Å². The SMILES string of the molecule is CC[C@H](C)[C@H](NC(=O)OCc1ccccc1)C(=O)N(C)CC(=O)Nc1cc(C)ccn1. The van der Waals surface area contributed by atoms with Gasteiger partial charge in [-0.3, -0.25) is 9.59 Å². The quantitative estimate of drug-likeness (QED) is 0.642. The number of pyridine rings is 1. The van der Waals surface area contributed by atoms with Gasteiger partial charge in [0.25, 0.3) is 0 Å². The third-order valence-corrected chi connectivity index (χ3v) is 4.91. The number of ether oxygens (including phenoxy) is 1. The Balaban J connectivity index is 1.94. The van der Waals surface area contributed by atoms with Gasteiger partial charge in [-0.2, -0.15) is 0 Å². The molecule has 0 aliphatic heterocycles. The summed E-state index contributed by atoms with van der Waals surface area (Å²) in [7, 11) is 1.53. The minimum absolute atomic E-state index is 0.107. The van der Waals surface area contributed by atoms with E-state index in [2.05, 4.69) is 15.6 Å². The summed E-state index contributed by atoms with van der Waals surface area (Å²) in [5.74, 6) is -0.450. The van der Waals surface area contributed by atoms with E-state index >= 15 is 0 Å². The summed E-state index contributed by atoms with van der Waals surface area (Å²) >= 11 is 0. The molecule has 1 aromatic heterocycles. The fourth-order valence-electron chi connectivity index (χ4n) is 2.89. The van der Waals surface area contributed by atoms with Crippen molar-refractivity contribution >= 4 is 23.7 Å². The summed E-state index contributed by atoms with van der Waals surface area (Å²) < 4.78 is 5.25. The number of aryl methyl sites for hydroxylation is 1. The Morgan fingerprint density at radius 1 is 1.16 bits per heavy atom. The fraction of sp³-hybridized carbons (Fsp3) is 0.391. The van der Waals surface area contributed by atoms with Crippen molar-refractivity contribution in [1.82, 2.24) is 15.2 Å². The number of benzene rings is 1. The Morgan fingerprint density at radius 2 is 1.87 bits per heavy atom. The highest BCUT2D eigenvalue weighted by molar-refractivity contribution is 5.95. The molecule has 31 heavy (non-hydrogen) atoms. The second-order valence-electron chi connectivity index (χ2n) is 7.53. The highest BCUT2D eigenvalue weighted by Gasteiger charge is 2.29. The van der Waals surface area contributed by atoms with Gasteiger partial charge in [-0.1, -0.05) is 50.6 Å². The Hall–Kier alpha value is -3.42. The van der Waals surface area contributed by atoms with Crippen LogP contribution < -0.4 is 10.6 Å². The molecule has 0 aliphatic carbocycles. The number of aromatic nitrogens is 1. The molecule has 2 aromatic rings. The molecule has 166 valence electrons. The topological polar surface area (TPSA) is 101 Å². The van der Waals surface area contributed by atoms with Crippen molar-refractivity contribution in [2.24, 2.45) is 5.92 Å². The molecule has 8 nitrogen and oxygen atoms in total. The van der Waals surface area contributed by atoms with Gasteiger partial charge < -0.3 is 20.3 Å². The van der Waals surface area contributed by atoms with Crippen molar-refractivity contribution in [3.8, 4) is 0 Å². The predicted octanol–water partition coefficient (Wildman–Crippen LogP) is 3.13. The summed E-state index contributed by atoms with van der Waals surface area (Å²) in [6.45, 7) is 5.63. The summed E-state index contributed by atoms with van der Waals surface area (Å²) in [5.41, 5.74) is 1.81. The monoisotopic (exact) mass is 426 g/mol. The van der Waals surface area contributed by atoms with Gasteiger partial charge in [-0.15, -0.1) is 0 Å². The zero-order valence-corrected chi connectivity index (χ0v) is 18.4. The van der Waals surface area contributed by atoms with Crippen LogP contribution in [-0.4, -0.2) is 47.4 Å². The largest absolute Gasteiger partial charge is 0.445 e. The minimum Gasteiger partial charge on any atom is -0.445 e. The Kier molecular flexibility index (Phi) is 8.99. The summed E-state index contributed by atoms with van der Waals surface area (Å²) in [5, 5.41) is 5.33. The lowest BCUT2D eigenvalue weighted by Crippen LogP contribution is -2.52. The van der Waals surface area contributed by atoms with Crippen LogP contribution in [-0.2, 0) is 20.9 Å². The number of nitrogens with one attached hydrogen (secondary N) is 2. The van der Waals surface area contributed by atoms with Crippen LogP contribution in [0.4, 0.5) is 10.6 Å². The molecular formula is C23H30N4O4. The summed E-state index contributed by atoms with van der Waals surface area (Å²) in [6, 6.07) is 12.0. The van der Waals surface area contributed by atoms with Crippen LogP contribution in [0.2, 0.25) is 0 Å². The first-order chi connectivity index (χ1) is 14.8. The van der Waals surface area contributed by atoms with Crippen molar-refractivity contribution in [3.05, 3.63) is 59.8 Å². The van der Waals surface area contributed by atoms with Gasteiger partial charge in [0, 0.05) is 13.2 Å². The zero-order valence-electron chi connectivity index (χ0n) is 18.4. The maximum Gasteiger partial charge on any atom is 0.408 e. The van der Waals surface area contributed by atoms with E-state index in [1.807, 2.05) is 57.2 Å². The number of hydrogen-bond acceptors (Lipinski definition) is 5. The van der Waals surface area contributed by atoms with Crippen molar-refractivity contribution in [3.63, 3.8) is 0 Å². The molecule has 0 saturated carbocycles. The van der Waals surface area contributed by atoms with E-state index in [0.29, 0.717) is 12.2 Å². The fourth-order valence-corrected chi connectivity index (χ4v) is 2.89. The van der Waals surface area contributed by atoms with Gasteiger partial charge in [0.1, 0.15) is 18.5 Å². The maximum atomic E-state index is 13.0. The molecule has 1 aromatic carbocycles. The number of hydrogen-bond donors (Lipinski definition) is 2. The second-order valence-corrected chi connectivity index (χ2v) is 7.53. The number of likely N-dealkylation sites (N-methyl/N-ethyl adjacent to an activating group) is 1. The molecule has 3 amide bonds. The number of carbonyl (C=O) groups is 3. The van der Waals surface area contributed by atoms with Crippen LogP contribution in [0.3, 0.4) is 0 Å². The van der Waals surface area contributed by atoms with Gasteiger partial charge in [0.15, 0.2) is 0 Å². The predicted molar refractivity (Wildman–Crippen MR) is 118 cm³/mol. The van der Waals surface area contributed by atoms with E-state index in [0.717, 1.165) is 11.1 Å². The molecule has 0 bridgehead atoms. The average Bonchev–Trinajstić information content (AvgIpc) is 2.75. The minimum atomic E-state index is -0.803. The average molecular weight is 427 g/mol. The first-order valence-electron chi connectivity index (χ1n) is 10.2. The normalized spacial score (nSPS) is 12.4. The molecular weight excluding hydrogens is 396 g/mol. The molecule has 0 fully saturated rings. The highest BCUT2D eigenvalue weighted by Crippen LogP contribution is 2.12. The maximum absolute atomic E-state index is 13.0. The van der Waals surface area contributed by atoms with Crippen molar-refractivity contribution in [2.75, 3.05) is 18.9 Å². The molecule has 2 rings (SSSR count). The van der Waals surface area contributed by atoms with Crippen LogP contribution in [0, 0.1) is 12.8 Å². The van der Waals surface area contributed by atoms with Crippen LogP contribution in [0.5, 0.6) is 0 Å². The smallest absolute Gasteiger partial charge is 0.408 e. The van der Waals surface area contributed by atoms with Gasteiger partial charge in [-0.05, 0) is 36.1 Å². The molecule has 2 atom stereocenters. The Labute approximate surface area is 183 Å². The number of rotatable bonds is 9. The molecule has 8 heteroatoms. The lowest BCUT2D eigenvalue weighted by atomic mass is 9.98. The summed E-state index contributed by atoms with van der Waals surface area (Å²) in [4.78, 5) is 42.9. The standard InChI is InChI=1S/C23H30N4O4/c1-5-17(3)21(26-23(30)31-15-18-9-7-6-8-10-18)22(29)27(4)14-20(28)25-19-13-16(2)11-12-24-19/h6-13,17,21H,5,14-15H2,1-4H3,(H,26,30)(H,24,25,28)/t17-,21-/m0/s1. The van der Waals surface area contributed by atoms with Crippen molar-refractivity contribution in [1.29, 1.82) is 0 Å². The first-order valence-corrected chi connectivity index (χ1v) is 10.2. The number of carbonyl (C=O) groups excluding carboxylic acids is 3. The molecule has 0 radical (unpaired) electrons. The number of anilines is 1. The second kappa shape index (κ2) is 11.7. The Morgan fingerprint density at radius 3 is 2.52 bits per heavy atom. The summed E-state index contributed by atoms with van der Waals surface area (Å²) in [6.07, 6.45) is 1.59. The molecule has 0 unspecified atom stereocenters. The van der Waals surface area contributed by atoms with Gasteiger partial charge >= 0.3 is 6.09 Å². The van der Waals surface area contributed by atoms with Crippen molar-refractivity contribution in [2.45, 2.75) is 39.8 Å². The van der Waals surface area contributed by atoms with Crippen LogP contribution in [0.1, 0.15) is 31.4 Å². The highest BCUT2D eigenvalue weighted by atomic mass is 16.5. The Bertz CT molecular complexity index is 888. The molecule has 2 N–H and O–H groups in total. The molecule has 0 spiro atoms. The zero-order chi connectivity index (χ0) is 22.8. The van der Waals surface area contributed by atoms with Gasteiger partial charge in [0.05, 0.1) is 6.54 Å². The van der Waals surface area contributed by atoms with Crippen LogP contribution in [0.25, 0.3) is 0 Å². The molecule has 1 heterocycles. The lowest BCUT2D eigenvalue weighted by molar-refractivity contribution is -0.136. The third-order valence-electron chi connectivity index (χ3n) is 4.91. The van der Waals surface area contributed by atoms with Gasteiger partial charge in [-0.25, -0.2) is 9.78 Å². The van der Waals surface area contributed by atoms with E-state index in [-0.39, 0.29) is 30.9 Å². The van der Waals surface area contributed by atoms with Gasteiger partial charge in [0.2, 0.25) is 11.8 Å². The van der Waals surface area contributed by atoms with E-state index < -0.39 is 12.1 Å². The van der Waals surface area contributed by atoms with E-state index in [9.17, 15) is 14.4 Å². The van der Waals surface area contributed by atoms with E-state index in [4.69, 9.17) is 4.74 Å². The van der Waals surface area contributed by atoms with Crippen LogP contribution >= 0.6 is 0 Å². The first kappa shape index (κ1) is 23.9. The van der Waals surface area contributed by atoms with Crippen molar-refractivity contribution < 1.29 is 19.1 Å². The lowest BCUT2D eigenvalue weighted by Gasteiger charge is -2.27. The molecule has 0 aliphatic rings. The van der Waals surface area contributed by atoms with E-state index in [1.165, 1.54) is 11.9 Å². The van der Waals surface area contributed by atoms with Crippen LogP contribution in [0.15, 0.2) is 48.7 Å². The number of alkyl carbamates (subject to hydrolysis) is 1. The number of amides is 3. The molecule has 0 saturated heterocycles.